The fourth-order valence-corrected chi connectivity index (χ4v) is 6.65. The van der Waals surface area contributed by atoms with Gasteiger partial charge in [-0.2, -0.15) is 4.73 Å². The van der Waals surface area contributed by atoms with Gasteiger partial charge in [-0.25, -0.2) is 9.59 Å². The van der Waals surface area contributed by atoms with Crippen molar-refractivity contribution in [3.05, 3.63) is 107 Å². The average Bonchev–Trinajstić information content (AvgIpc) is 3.73. The lowest BCUT2D eigenvalue weighted by Gasteiger charge is -2.42. The maximum absolute atomic E-state index is 13.4. The first-order chi connectivity index (χ1) is 26.3. The third-order valence-corrected chi connectivity index (χ3v) is 9.27. The lowest BCUT2D eigenvalue weighted by atomic mass is 9.98. The topological polar surface area (TPSA) is 235 Å². The Morgan fingerprint density at radius 3 is 2.38 bits per heavy atom. The van der Waals surface area contributed by atoms with Crippen LogP contribution in [0, 0.1) is 13.8 Å². The highest BCUT2D eigenvalue weighted by atomic mass is 16.8. The zero-order valence-corrected chi connectivity index (χ0v) is 29.6. The smallest absolute Gasteiger partial charge is 0.337 e. The van der Waals surface area contributed by atoms with Crippen molar-refractivity contribution in [2.75, 3.05) is 7.05 Å². The number of hydrogen-bond donors (Lipinski definition) is 7. The van der Waals surface area contributed by atoms with E-state index in [1.54, 1.807) is 24.5 Å². The molecule has 16 nitrogen and oxygen atoms in total. The van der Waals surface area contributed by atoms with Gasteiger partial charge >= 0.3 is 11.9 Å². The number of H-pyrrole nitrogens is 1. The van der Waals surface area contributed by atoms with Crippen molar-refractivity contribution in [1.82, 2.24) is 15.0 Å². The molecule has 1 saturated heterocycles. The molecule has 16 heteroatoms. The van der Waals surface area contributed by atoms with Gasteiger partial charge in [0, 0.05) is 23.2 Å². The molecule has 0 bridgehead atoms. The maximum atomic E-state index is 13.4. The summed E-state index contributed by atoms with van der Waals surface area (Å²) in [4.78, 5) is 47.1. The number of phenolic OH excluding ortho intramolecular Hbond substituents is 1. The van der Waals surface area contributed by atoms with E-state index in [0.29, 0.717) is 16.8 Å². The Morgan fingerprint density at radius 1 is 0.964 bits per heavy atom. The Labute approximate surface area is 311 Å². The van der Waals surface area contributed by atoms with Crippen LogP contribution in [0.3, 0.4) is 0 Å². The number of likely N-dealkylation sites (N-methyl/N-ethyl adjacent to an activating group) is 1. The number of aromatic amines is 1. The summed E-state index contributed by atoms with van der Waals surface area (Å²) in [6.45, 7) is 3.89. The zero-order valence-electron chi connectivity index (χ0n) is 29.6. The highest BCUT2D eigenvalue weighted by Crippen LogP contribution is 2.34. The number of carboxylic acid groups (broad SMARTS) is 1. The largest absolute Gasteiger partial charge is 0.508 e. The van der Waals surface area contributed by atoms with Crippen LogP contribution in [0.4, 0.5) is 0 Å². The monoisotopic (exact) mass is 755 g/mol. The fourth-order valence-electron chi connectivity index (χ4n) is 6.65. The number of carbonyl (C=O) groups excluding carboxylic acids is 1. The number of benzene rings is 3. The van der Waals surface area contributed by atoms with Crippen LogP contribution in [-0.4, -0.2) is 97.3 Å². The van der Waals surface area contributed by atoms with Crippen molar-refractivity contribution in [3.8, 4) is 33.9 Å². The number of phenols is 1. The van der Waals surface area contributed by atoms with Crippen LogP contribution in [0.15, 0.2) is 94.6 Å². The highest BCUT2D eigenvalue weighted by molar-refractivity contribution is 5.98. The van der Waals surface area contributed by atoms with E-state index in [9.17, 15) is 39.9 Å². The third kappa shape index (κ3) is 7.24. The van der Waals surface area contributed by atoms with Gasteiger partial charge in [-0.1, -0.05) is 29.3 Å². The van der Waals surface area contributed by atoms with Gasteiger partial charge in [-0.05, 0) is 68.9 Å². The van der Waals surface area contributed by atoms with E-state index < -0.39 is 55.0 Å². The molecule has 1 fully saturated rings. The molecule has 286 valence electrons. The second-order valence-electron chi connectivity index (χ2n) is 13.2. The number of esters is 1. The minimum atomic E-state index is -2.28. The molecule has 7 N–H and O–H groups in total. The van der Waals surface area contributed by atoms with Crippen molar-refractivity contribution in [2.45, 2.75) is 56.9 Å². The fraction of sp³-hybridized carbons (Fsp3) is 0.256. The van der Waals surface area contributed by atoms with Gasteiger partial charge in [-0.15, -0.1) is 0 Å². The number of rotatable bonds is 11. The Bertz CT molecular complexity index is 2420. The molecule has 0 saturated carbocycles. The number of ether oxygens (including phenoxy) is 3. The molecule has 55 heavy (non-hydrogen) atoms. The van der Waals surface area contributed by atoms with Crippen LogP contribution in [0.1, 0.15) is 11.1 Å². The van der Waals surface area contributed by atoms with Crippen LogP contribution >= 0.6 is 0 Å². The first kappa shape index (κ1) is 37.2. The zero-order chi connectivity index (χ0) is 39.1. The van der Waals surface area contributed by atoms with Gasteiger partial charge in [0.05, 0.1) is 22.7 Å². The number of aryl methyl sites for hydroxylation is 2. The molecule has 7 rings (SSSR count). The molecule has 1 aliphatic heterocycles. The summed E-state index contributed by atoms with van der Waals surface area (Å²) in [6, 6.07) is 16.2. The number of carboxylic acids is 1. The maximum Gasteiger partial charge on any atom is 0.337 e. The van der Waals surface area contributed by atoms with E-state index in [2.05, 4.69) is 10.3 Å². The second-order valence-corrected chi connectivity index (χ2v) is 13.2. The van der Waals surface area contributed by atoms with Crippen molar-refractivity contribution in [1.29, 1.82) is 0 Å². The quantitative estimate of drug-likeness (QED) is 0.0572. The minimum absolute atomic E-state index is 0.0341. The summed E-state index contributed by atoms with van der Waals surface area (Å²) >= 11 is 0. The van der Waals surface area contributed by atoms with E-state index in [4.69, 9.17) is 23.5 Å². The third-order valence-electron chi connectivity index (χ3n) is 9.27. The minimum Gasteiger partial charge on any atom is -0.508 e. The summed E-state index contributed by atoms with van der Waals surface area (Å²) in [5, 5.41) is 56.0. The highest BCUT2D eigenvalue weighted by Gasteiger charge is 2.52. The van der Waals surface area contributed by atoms with Crippen molar-refractivity contribution < 1.29 is 58.6 Å². The molecule has 0 unspecified atom stereocenters. The van der Waals surface area contributed by atoms with Crippen molar-refractivity contribution in [2.24, 2.45) is 0 Å². The van der Waals surface area contributed by atoms with Crippen LogP contribution in [-0.2, 0) is 19.1 Å². The first-order valence-electron chi connectivity index (χ1n) is 17.1. The Morgan fingerprint density at radius 2 is 1.69 bits per heavy atom. The molecule has 0 aliphatic carbocycles. The molecular weight excluding hydrogens is 718 g/mol. The predicted octanol–water partition coefficient (Wildman–Crippen LogP) is 2.59. The van der Waals surface area contributed by atoms with Crippen molar-refractivity contribution in [3.63, 3.8) is 0 Å². The molecule has 0 amide bonds. The average molecular weight is 756 g/mol. The lowest BCUT2D eigenvalue weighted by Crippen LogP contribution is -2.65. The Kier molecular flexibility index (Phi) is 10.1. The van der Waals surface area contributed by atoms with E-state index in [-0.39, 0.29) is 33.5 Å². The first-order valence-corrected chi connectivity index (χ1v) is 17.1. The van der Waals surface area contributed by atoms with Gasteiger partial charge in [-0.3, -0.25) is 10.1 Å². The van der Waals surface area contributed by atoms with Crippen molar-refractivity contribution >= 4 is 33.8 Å². The lowest BCUT2D eigenvalue weighted by molar-refractivity contribution is -0.318. The number of aliphatic hydroxyl groups excluding tert-OH is 3. The number of aromatic nitrogens is 2. The van der Waals surface area contributed by atoms with Crippen LogP contribution in [0.2, 0.25) is 0 Å². The Balaban J connectivity index is 1.25. The number of fused-ring (bicyclic) bond motifs is 2. The SMILES string of the molecule is CN[C@H](C(=O)O)C(=O)O[C@H](O)[C@@H]1O[C@H](Oc2ccc3c(=O)c(-c4ccc(O)cc4)coc3c2)[C@@H](On2cc3cc[nH]c3c2-c2cc(C)cc(C)c2)[C@H](O)[C@H]1O. The molecular formula is C39H37N3O13. The summed E-state index contributed by atoms with van der Waals surface area (Å²) in [7, 11) is 1.20. The molecule has 3 aromatic carbocycles. The van der Waals surface area contributed by atoms with Gasteiger partial charge in [0.2, 0.25) is 24.7 Å². The van der Waals surface area contributed by atoms with E-state index >= 15 is 0 Å². The molecule has 0 radical (unpaired) electrons. The van der Waals surface area contributed by atoms with E-state index in [0.717, 1.165) is 22.1 Å². The number of carbonyl (C=O) groups is 2. The molecule has 0 spiro atoms. The van der Waals surface area contributed by atoms with Crippen LogP contribution in [0.5, 0.6) is 11.5 Å². The predicted molar refractivity (Wildman–Crippen MR) is 195 cm³/mol. The van der Waals surface area contributed by atoms with Crippen LogP contribution in [0.25, 0.3) is 44.3 Å². The number of hydrogen-bond acceptors (Lipinski definition) is 13. The summed E-state index contributed by atoms with van der Waals surface area (Å²) in [5.74, 6) is -2.89. The summed E-state index contributed by atoms with van der Waals surface area (Å²) in [6.07, 6.45) is -6.44. The number of nitrogens with zero attached hydrogens (tertiary/aromatic N) is 1. The molecule has 7 atom stereocenters. The number of aliphatic hydroxyl groups is 3. The molecule has 4 heterocycles. The van der Waals surface area contributed by atoms with Gasteiger partial charge in [0.25, 0.3) is 0 Å². The van der Waals surface area contributed by atoms with E-state index in [1.807, 2.05) is 38.1 Å². The van der Waals surface area contributed by atoms with Gasteiger partial charge < -0.3 is 54.0 Å². The number of nitrogens with one attached hydrogen (secondary N) is 2. The van der Waals surface area contributed by atoms with Gasteiger partial charge in [0.1, 0.15) is 41.2 Å². The van der Waals surface area contributed by atoms with Crippen LogP contribution < -0.4 is 20.3 Å². The van der Waals surface area contributed by atoms with Gasteiger partial charge in [0.15, 0.2) is 11.5 Å². The molecule has 1 aliphatic rings. The normalized spacial score (nSPS) is 20.9. The Hall–Kier alpha value is -6.17. The molecule has 6 aromatic rings. The summed E-state index contributed by atoms with van der Waals surface area (Å²) < 4.78 is 24.3. The molecule has 3 aromatic heterocycles. The summed E-state index contributed by atoms with van der Waals surface area (Å²) in [5.41, 5.74) is 4.55. The number of aliphatic carboxylic acids is 1. The second kappa shape index (κ2) is 14.9. The standard InChI is InChI=1S/C39H37N3O13/c1-18-12-19(2)14-22(13-18)30-28-21(10-11-41-28)16-42(30)55-35-33(46)32(45)34(38(50)54-37(49)29(40-3)36(47)48)53-39(35)52-24-8-9-25-27(15-24)51-17-26(31(25)44)20-4-6-23(43)7-5-20/h4-17,29,32-35,38-41,43,45-46,50H,1-3H3,(H,47,48)/t29-,32-,33-,34-,35+,38+,39+/m1/s1. The van der Waals surface area contributed by atoms with E-state index in [1.165, 1.54) is 48.4 Å². The number of aromatic hydroxyl groups is 1.